The molecule has 0 spiro atoms. The van der Waals surface area contributed by atoms with E-state index in [4.69, 9.17) is 4.98 Å². The molecule has 0 amide bonds. The minimum atomic E-state index is 0.906. The summed E-state index contributed by atoms with van der Waals surface area (Å²) < 4.78 is 2.58. The van der Waals surface area contributed by atoms with Crippen molar-refractivity contribution < 1.29 is 0 Å². The Kier molecular flexibility index (Phi) is 6.07. The molecule has 2 nitrogen and oxygen atoms in total. The number of hydrogen-bond acceptors (Lipinski definition) is 3. The minimum Gasteiger partial charge on any atom is -0.253 e. The molecule has 0 saturated carbocycles. The molecule has 0 saturated heterocycles. The van der Waals surface area contributed by atoms with Gasteiger partial charge in [0, 0.05) is 43.5 Å². The average molecular weight is 531 g/mol. The first kappa shape index (κ1) is 24.2. The molecule has 0 aliphatic heterocycles. The molecule has 5 aromatic carbocycles. The van der Waals surface area contributed by atoms with Gasteiger partial charge in [-0.3, -0.25) is 9.97 Å². The van der Waals surface area contributed by atoms with Crippen molar-refractivity contribution in [2.24, 2.45) is 0 Å². The number of aromatic nitrogens is 2. The maximum atomic E-state index is 4.75. The lowest BCUT2D eigenvalue weighted by Gasteiger charge is -2.14. The van der Waals surface area contributed by atoms with E-state index in [0.717, 1.165) is 21.8 Å². The monoisotopic (exact) mass is 530 g/mol. The Labute approximate surface area is 237 Å². The van der Waals surface area contributed by atoms with Crippen LogP contribution in [-0.4, -0.2) is 9.97 Å². The van der Waals surface area contributed by atoms with Crippen LogP contribution in [0.3, 0.4) is 0 Å². The lowest BCUT2D eigenvalue weighted by molar-refractivity contribution is 1.30. The van der Waals surface area contributed by atoms with Crippen molar-refractivity contribution in [3.8, 4) is 22.3 Å². The Balaban J connectivity index is 1.52. The van der Waals surface area contributed by atoms with Gasteiger partial charge in [-0.1, -0.05) is 116 Å². The quantitative estimate of drug-likeness (QED) is 0.163. The van der Waals surface area contributed by atoms with E-state index in [1.807, 2.05) is 17.4 Å². The standard InChI is InChI=1S/C37H26N2S/c1-3-10-24(11-4-2)26-15-8-18-31-32-19-9-17-30(37(32)40-36(26)31)28-14-6-5-13-27(28)29-16-7-12-25-20-21-33-35(34(25)29)39-23-22-38-33/h3-23H,1H2,2H3/b11-4-,24-10+. The summed E-state index contributed by atoms with van der Waals surface area (Å²) in [5.41, 5.74) is 9.05. The first-order chi connectivity index (χ1) is 19.8. The molecule has 0 N–H and O–H groups in total. The van der Waals surface area contributed by atoms with Gasteiger partial charge < -0.3 is 0 Å². The SMILES string of the molecule is C=C/C=C(\C=C/C)c1cccc2c1sc1c(-c3ccccc3-c3cccc4ccc5nccnc5c34)cccc12. The van der Waals surface area contributed by atoms with Gasteiger partial charge in [-0.25, -0.2) is 0 Å². The third kappa shape index (κ3) is 3.86. The zero-order valence-corrected chi connectivity index (χ0v) is 23.0. The Morgan fingerprint density at radius 3 is 2.23 bits per heavy atom. The molecule has 0 fully saturated rings. The lowest BCUT2D eigenvalue weighted by atomic mass is 9.90. The van der Waals surface area contributed by atoms with Gasteiger partial charge in [-0.15, -0.1) is 11.3 Å². The zero-order valence-electron chi connectivity index (χ0n) is 22.1. The van der Waals surface area contributed by atoms with Gasteiger partial charge in [0.25, 0.3) is 0 Å². The van der Waals surface area contributed by atoms with Gasteiger partial charge >= 0.3 is 0 Å². The van der Waals surface area contributed by atoms with Crippen molar-refractivity contribution in [3.63, 3.8) is 0 Å². The molecule has 0 bridgehead atoms. The van der Waals surface area contributed by atoms with Crippen molar-refractivity contribution in [2.75, 3.05) is 0 Å². The van der Waals surface area contributed by atoms with Crippen LogP contribution < -0.4 is 0 Å². The number of rotatable bonds is 5. The second-order valence-electron chi connectivity index (χ2n) is 9.76. The van der Waals surface area contributed by atoms with Crippen molar-refractivity contribution >= 4 is 58.9 Å². The minimum absolute atomic E-state index is 0.906. The average Bonchev–Trinajstić information content (AvgIpc) is 3.40. The fraction of sp³-hybridized carbons (Fsp3) is 0.0270. The van der Waals surface area contributed by atoms with Gasteiger partial charge in [0.05, 0.1) is 11.0 Å². The number of nitrogens with zero attached hydrogens (tertiary/aromatic N) is 2. The van der Waals surface area contributed by atoms with Crippen LogP contribution in [0.15, 0.2) is 134 Å². The summed E-state index contributed by atoms with van der Waals surface area (Å²) in [6.07, 6.45) is 11.7. The molecule has 7 rings (SSSR count). The molecule has 2 heterocycles. The smallest absolute Gasteiger partial charge is 0.0971 e. The topological polar surface area (TPSA) is 25.8 Å². The van der Waals surface area contributed by atoms with Gasteiger partial charge in [0.1, 0.15) is 0 Å². The van der Waals surface area contributed by atoms with Gasteiger partial charge in [-0.2, -0.15) is 0 Å². The summed E-state index contributed by atoms with van der Waals surface area (Å²) in [5.74, 6) is 0. The van der Waals surface area contributed by atoms with Crippen LogP contribution in [-0.2, 0) is 0 Å². The molecule has 190 valence electrons. The van der Waals surface area contributed by atoms with Crippen molar-refractivity contribution in [2.45, 2.75) is 6.92 Å². The van der Waals surface area contributed by atoms with E-state index < -0.39 is 0 Å². The van der Waals surface area contributed by atoms with Gasteiger partial charge in [0.2, 0.25) is 0 Å². The maximum Gasteiger partial charge on any atom is 0.0971 e. The third-order valence-electron chi connectivity index (χ3n) is 7.47. The molecular formula is C37H26N2S. The van der Waals surface area contributed by atoms with E-state index in [2.05, 4.69) is 128 Å². The predicted octanol–water partition coefficient (Wildman–Crippen LogP) is 10.6. The van der Waals surface area contributed by atoms with Crippen LogP contribution in [0.1, 0.15) is 12.5 Å². The highest BCUT2D eigenvalue weighted by molar-refractivity contribution is 7.26. The van der Waals surface area contributed by atoms with E-state index in [9.17, 15) is 0 Å². The van der Waals surface area contributed by atoms with Crippen molar-refractivity contribution in [1.29, 1.82) is 0 Å². The van der Waals surface area contributed by atoms with Crippen LogP contribution in [0.25, 0.3) is 69.8 Å². The first-order valence-corrected chi connectivity index (χ1v) is 14.2. The number of allylic oxidation sites excluding steroid dienone is 5. The third-order valence-corrected chi connectivity index (χ3v) is 8.76. The molecule has 7 aromatic rings. The summed E-state index contributed by atoms with van der Waals surface area (Å²) >= 11 is 1.87. The lowest BCUT2D eigenvalue weighted by Crippen LogP contribution is -1.90. The van der Waals surface area contributed by atoms with Crippen molar-refractivity contribution in [3.05, 3.63) is 140 Å². The molecule has 0 radical (unpaired) electrons. The normalized spacial score (nSPS) is 12.3. The first-order valence-electron chi connectivity index (χ1n) is 13.4. The van der Waals surface area contributed by atoms with Gasteiger partial charge in [-0.05, 0) is 46.2 Å². The number of hydrogen-bond donors (Lipinski definition) is 0. The molecule has 0 aliphatic carbocycles. The molecule has 0 aliphatic rings. The summed E-state index contributed by atoms with van der Waals surface area (Å²) in [6, 6.07) is 32.7. The summed E-state index contributed by atoms with van der Waals surface area (Å²) in [7, 11) is 0. The van der Waals surface area contributed by atoms with E-state index in [1.165, 1.54) is 53.6 Å². The Morgan fingerprint density at radius 2 is 1.40 bits per heavy atom. The van der Waals surface area contributed by atoms with Crippen LogP contribution in [0, 0.1) is 0 Å². The molecule has 0 unspecified atom stereocenters. The summed E-state index contributed by atoms with van der Waals surface area (Å²) in [6.45, 7) is 6.00. The van der Waals surface area contributed by atoms with Crippen molar-refractivity contribution in [1.82, 2.24) is 9.97 Å². The van der Waals surface area contributed by atoms with Crippen LogP contribution in [0.2, 0.25) is 0 Å². The molecule has 0 atom stereocenters. The second-order valence-corrected chi connectivity index (χ2v) is 10.8. The maximum absolute atomic E-state index is 4.75. The number of thiophene rings is 1. The summed E-state index contributed by atoms with van der Waals surface area (Å²) in [5, 5.41) is 4.86. The van der Waals surface area contributed by atoms with E-state index in [1.54, 1.807) is 12.4 Å². The predicted molar refractivity (Wildman–Crippen MR) is 174 cm³/mol. The number of fused-ring (bicyclic) bond motifs is 6. The highest BCUT2D eigenvalue weighted by Crippen LogP contribution is 2.45. The number of benzene rings is 5. The zero-order chi connectivity index (χ0) is 27.1. The van der Waals surface area contributed by atoms with Crippen LogP contribution >= 0.6 is 11.3 Å². The molecule has 40 heavy (non-hydrogen) atoms. The van der Waals surface area contributed by atoms with E-state index >= 15 is 0 Å². The highest BCUT2D eigenvalue weighted by Gasteiger charge is 2.18. The van der Waals surface area contributed by atoms with Crippen LogP contribution in [0.4, 0.5) is 0 Å². The second kappa shape index (κ2) is 10.0. The molecular weight excluding hydrogens is 504 g/mol. The highest BCUT2D eigenvalue weighted by atomic mass is 32.1. The Bertz CT molecular complexity index is 2150. The Morgan fingerprint density at radius 1 is 0.700 bits per heavy atom. The van der Waals surface area contributed by atoms with E-state index in [0.29, 0.717) is 0 Å². The molecule has 3 heteroatoms. The van der Waals surface area contributed by atoms with E-state index in [-0.39, 0.29) is 0 Å². The fourth-order valence-corrected chi connectivity index (χ4v) is 7.15. The fourth-order valence-electron chi connectivity index (χ4n) is 5.78. The van der Waals surface area contributed by atoms with Gasteiger partial charge in [0.15, 0.2) is 0 Å². The largest absolute Gasteiger partial charge is 0.253 e. The van der Waals surface area contributed by atoms with Crippen LogP contribution in [0.5, 0.6) is 0 Å². The summed E-state index contributed by atoms with van der Waals surface area (Å²) in [4.78, 5) is 9.34. The Hall–Kier alpha value is -4.86. The molecule has 2 aromatic heterocycles.